The fourth-order valence-corrected chi connectivity index (χ4v) is 2.52. The summed E-state index contributed by atoms with van der Waals surface area (Å²) in [5.41, 5.74) is 9.19. The Bertz CT molecular complexity index is 514. The van der Waals surface area contributed by atoms with Crippen LogP contribution in [0.2, 0.25) is 0 Å². The summed E-state index contributed by atoms with van der Waals surface area (Å²) in [7, 11) is 2.12. The molecule has 1 aromatic carbocycles. The lowest BCUT2D eigenvalue weighted by atomic mass is 10.1. The van der Waals surface area contributed by atoms with Gasteiger partial charge in [-0.3, -0.25) is 0 Å². The van der Waals surface area contributed by atoms with Gasteiger partial charge in [-0.1, -0.05) is 25.0 Å². The van der Waals surface area contributed by atoms with Gasteiger partial charge in [-0.2, -0.15) is 0 Å². The summed E-state index contributed by atoms with van der Waals surface area (Å²) in [5, 5.41) is 0. The van der Waals surface area contributed by atoms with Crippen molar-refractivity contribution in [1.29, 1.82) is 0 Å². The number of fused-ring (bicyclic) bond motifs is 1. The van der Waals surface area contributed by atoms with E-state index in [1.54, 1.807) is 0 Å². The van der Waals surface area contributed by atoms with E-state index in [-0.39, 0.29) is 0 Å². The monoisotopic (exact) mass is 245 g/mol. The van der Waals surface area contributed by atoms with E-state index < -0.39 is 0 Å². The van der Waals surface area contributed by atoms with E-state index in [0.29, 0.717) is 0 Å². The molecule has 2 rings (SSSR count). The predicted molar refractivity (Wildman–Crippen MR) is 76.7 cm³/mol. The molecule has 18 heavy (non-hydrogen) atoms. The average Bonchev–Trinajstić information content (AvgIpc) is 2.68. The van der Waals surface area contributed by atoms with Crippen LogP contribution in [0.1, 0.15) is 37.1 Å². The molecule has 0 aliphatic carbocycles. The van der Waals surface area contributed by atoms with Gasteiger partial charge >= 0.3 is 0 Å². The Morgan fingerprint density at radius 3 is 2.67 bits per heavy atom. The number of hydrogen-bond donors (Lipinski definition) is 1. The number of hydrogen-bond acceptors (Lipinski definition) is 2. The van der Waals surface area contributed by atoms with Gasteiger partial charge < -0.3 is 10.3 Å². The molecule has 0 spiro atoms. The highest BCUT2D eigenvalue weighted by Gasteiger charge is 2.08. The summed E-state index contributed by atoms with van der Waals surface area (Å²) >= 11 is 0. The first-order valence-electron chi connectivity index (χ1n) is 6.85. The second kappa shape index (κ2) is 6.01. The third-order valence-electron chi connectivity index (χ3n) is 3.54. The maximum Gasteiger partial charge on any atom is 0.109 e. The van der Waals surface area contributed by atoms with Gasteiger partial charge in [-0.15, -0.1) is 0 Å². The molecule has 0 unspecified atom stereocenters. The normalized spacial score (nSPS) is 11.3. The van der Waals surface area contributed by atoms with E-state index in [0.717, 1.165) is 24.9 Å². The number of aryl methyl sites for hydroxylation is 3. The molecular formula is C15H23N3. The lowest BCUT2D eigenvalue weighted by Gasteiger charge is -2.03. The number of para-hydroxylation sites is 1. The molecule has 2 N–H and O–H groups in total. The molecule has 3 nitrogen and oxygen atoms in total. The van der Waals surface area contributed by atoms with Crippen LogP contribution in [0.4, 0.5) is 0 Å². The Balaban J connectivity index is 2.05. The Morgan fingerprint density at radius 1 is 1.17 bits per heavy atom. The zero-order valence-electron chi connectivity index (χ0n) is 11.4. The van der Waals surface area contributed by atoms with E-state index in [2.05, 4.69) is 36.7 Å². The highest BCUT2D eigenvalue weighted by atomic mass is 15.1. The summed E-state index contributed by atoms with van der Waals surface area (Å²) in [6, 6.07) is 6.32. The van der Waals surface area contributed by atoms with Crippen molar-refractivity contribution in [2.24, 2.45) is 12.8 Å². The van der Waals surface area contributed by atoms with E-state index in [4.69, 9.17) is 10.7 Å². The molecule has 0 saturated heterocycles. The summed E-state index contributed by atoms with van der Waals surface area (Å²) in [4.78, 5) is 4.73. The number of rotatable bonds is 6. The molecule has 98 valence electrons. The van der Waals surface area contributed by atoms with Crippen molar-refractivity contribution in [2.45, 2.75) is 39.0 Å². The highest BCUT2D eigenvalue weighted by molar-refractivity contribution is 5.79. The maximum atomic E-state index is 5.50. The van der Waals surface area contributed by atoms with Gasteiger partial charge in [0.05, 0.1) is 11.0 Å². The van der Waals surface area contributed by atoms with E-state index in [1.807, 2.05) is 0 Å². The van der Waals surface area contributed by atoms with Crippen molar-refractivity contribution in [2.75, 3.05) is 6.54 Å². The van der Waals surface area contributed by atoms with Crippen molar-refractivity contribution in [3.05, 3.63) is 29.6 Å². The zero-order valence-corrected chi connectivity index (χ0v) is 11.4. The van der Waals surface area contributed by atoms with Crippen LogP contribution in [0.15, 0.2) is 18.2 Å². The third-order valence-corrected chi connectivity index (χ3v) is 3.54. The molecule has 0 radical (unpaired) electrons. The van der Waals surface area contributed by atoms with Crippen molar-refractivity contribution < 1.29 is 0 Å². The standard InChI is InChI=1S/C15H23N3/c1-12-8-7-9-13-15(12)18(2)14(17-13)10-5-3-4-6-11-16/h7-9H,3-6,10-11,16H2,1-2H3. The second-order valence-electron chi connectivity index (χ2n) is 4.98. The number of unbranched alkanes of at least 4 members (excludes halogenated alkanes) is 3. The molecule has 1 heterocycles. The molecule has 0 bridgehead atoms. The maximum absolute atomic E-state index is 5.50. The van der Waals surface area contributed by atoms with Crippen LogP contribution in [-0.2, 0) is 13.5 Å². The fraction of sp³-hybridized carbons (Fsp3) is 0.533. The predicted octanol–water partition coefficient (Wildman–Crippen LogP) is 2.94. The van der Waals surface area contributed by atoms with Gasteiger partial charge in [0.25, 0.3) is 0 Å². The number of imidazole rings is 1. The first kappa shape index (κ1) is 13.1. The summed E-state index contributed by atoms with van der Waals surface area (Å²) < 4.78 is 2.24. The summed E-state index contributed by atoms with van der Waals surface area (Å²) in [6.07, 6.45) is 5.89. The van der Waals surface area contributed by atoms with Gasteiger partial charge in [-0.05, 0) is 37.9 Å². The van der Waals surface area contributed by atoms with Gasteiger partial charge in [-0.25, -0.2) is 4.98 Å². The van der Waals surface area contributed by atoms with Crippen LogP contribution in [0.5, 0.6) is 0 Å². The Labute approximate surface area is 109 Å². The van der Waals surface area contributed by atoms with Crippen LogP contribution in [0.3, 0.4) is 0 Å². The molecule has 0 fully saturated rings. The van der Waals surface area contributed by atoms with Gasteiger partial charge in [0.1, 0.15) is 5.82 Å². The Morgan fingerprint density at radius 2 is 1.94 bits per heavy atom. The fourth-order valence-electron chi connectivity index (χ4n) is 2.52. The number of nitrogens with two attached hydrogens (primary N) is 1. The van der Waals surface area contributed by atoms with Crippen molar-refractivity contribution in [1.82, 2.24) is 9.55 Å². The van der Waals surface area contributed by atoms with E-state index >= 15 is 0 Å². The zero-order chi connectivity index (χ0) is 13.0. The highest BCUT2D eigenvalue weighted by Crippen LogP contribution is 2.19. The average molecular weight is 245 g/mol. The SMILES string of the molecule is Cc1cccc2nc(CCCCCCN)n(C)c12. The molecule has 1 aromatic heterocycles. The Hall–Kier alpha value is -1.35. The molecule has 0 aliphatic rings. The van der Waals surface area contributed by atoms with Crippen LogP contribution < -0.4 is 5.73 Å². The smallest absolute Gasteiger partial charge is 0.109 e. The van der Waals surface area contributed by atoms with Crippen molar-refractivity contribution in [3.8, 4) is 0 Å². The number of benzene rings is 1. The minimum Gasteiger partial charge on any atom is -0.331 e. The first-order chi connectivity index (χ1) is 8.74. The van der Waals surface area contributed by atoms with Gasteiger partial charge in [0, 0.05) is 13.5 Å². The molecule has 0 atom stereocenters. The number of nitrogens with zero attached hydrogens (tertiary/aromatic N) is 2. The van der Waals surface area contributed by atoms with Crippen molar-refractivity contribution in [3.63, 3.8) is 0 Å². The van der Waals surface area contributed by atoms with E-state index in [9.17, 15) is 0 Å². The molecule has 3 heteroatoms. The van der Waals surface area contributed by atoms with Gasteiger partial charge in [0.15, 0.2) is 0 Å². The molecule has 2 aromatic rings. The quantitative estimate of drug-likeness (QED) is 0.795. The van der Waals surface area contributed by atoms with Crippen LogP contribution in [-0.4, -0.2) is 16.1 Å². The van der Waals surface area contributed by atoms with E-state index in [1.165, 1.54) is 36.2 Å². The van der Waals surface area contributed by atoms with Gasteiger partial charge in [0.2, 0.25) is 0 Å². The second-order valence-corrected chi connectivity index (χ2v) is 4.98. The van der Waals surface area contributed by atoms with Crippen LogP contribution in [0, 0.1) is 6.92 Å². The minimum atomic E-state index is 0.811. The topological polar surface area (TPSA) is 43.8 Å². The molecule has 0 amide bonds. The summed E-state index contributed by atoms with van der Waals surface area (Å²) in [5.74, 6) is 1.20. The molecular weight excluding hydrogens is 222 g/mol. The molecule has 0 saturated carbocycles. The van der Waals surface area contributed by atoms with Crippen LogP contribution in [0.25, 0.3) is 11.0 Å². The largest absolute Gasteiger partial charge is 0.331 e. The van der Waals surface area contributed by atoms with Crippen molar-refractivity contribution >= 4 is 11.0 Å². The minimum absolute atomic E-state index is 0.811. The lowest BCUT2D eigenvalue weighted by Crippen LogP contribution is -2.00. The first-order valence-corrected chi connectivity index (χ1v) is 6.85. The third kappa shape index (κ3) is 2.72. The van der Waals surface area contributed by atoms with Crippen LogP contribution >= 0.6 is 0 Å². The Kier molecular flexibility index (Phi) is 4.37. The molecule has 0 aliphatic heterocycles. The summed E-state index contributed by atoms with van der Waals surface area (Å²) in [6.45, 7) is 2.96. The number of aromatic nitrogens is 2. The lowest BCUT2D eigenvalue weighted by molar-refractivity contribution is 0.627.